The van der Waals surface area contributed by atoms with E-state index in [9.17, 15) is 15.3 Å². The molecule has 0 spiro atoms. The van der Waals surface area contributed by atoms with E-state index in [1.165, 1.54) is 0 Å². The summed E-state index contributed by atoms with van der Waals surface area (Å²) in [5.74, 6) is -1.40. The summed E-state index contributed by atoms with van der Waals surface area (Å²) in [6.45, 7) is 0. The zero-order valence-corrected chi connectivity index (χ0v) is 16.1. The van der Waals surface area contributed by atoms with Crippen molar-refractivity contribution in [3.05, 3.63) is 75.4 Å². The fourth-order valence-corrected chi connectivity index (χ4v) is 5.14. The number of nitrogens with two attached hydrogens (primary N) is 1. The molecule has 1 fully saturated rings. The molecule has 0 bridgehead atoms. The van der Waals surface area contributed by atoms with Gasteiger partial charge in [0.05, 0.1) is 24.3 Å². The second-order valence-electron chi connectivity index (χ2n) is 7.01. The summed E-state index contributed by atoms with van der Waals surface area (Å²) < 4.78 is 0. The van der Waals surface area contributed by atoms with Crippen LogP contribution >= 0.6 is 23.2 Å². The molecule has 4 rings (SSSR count). The Morgan fingerprint density at radius 2 is 1.82 bits per heavy atom. The number of hydrogen-bond donors (Lipinski definition) is 2. The molecular weight excluding hydrogens is 395 g/mol. The lowest BCUT2D eigenvalue weighted by Gasteiger charge is -2.29. The first kappa shape index (κ1) is 18.5. The first-order chi connectivity index (χ1) is 13.4. The van der Waals surface area contributed by atoms with Crippen LogP contribution in [0.4, 0.5) is 0 Å². The first-order valence-electron chi connectivity index (χ1n) is 8.65. The van der Waals surface area contributed by atoms with E-state index in [2.05, 4.69) is 12.1 Å². The largest absolute Gasteiger partial charge is 0.364 e. The normalized spacial score (nSPS) is 26.6. The van der Waals surface area contributed by atoms with Gasteiger partial charge in [0.15, 0.2) is 12.1 Å². The lowest BCUT2D eigenvalue weighted by Crippen LogP contribution is -3.12. The van der Waals surface area contributed by atoms with Crippen molar-refractivity contribution in [2.45, 2.75) is 18.0 Å². The third-order valence-electron chi connectivity index (χ3n) is 5.71. The molecule has 7 heteroatoms. The van der Waals surface area contributed by atoms with Gasteiger partial charge in [-0.05, 0) is 29.3 Å². The minimum Gasteiger partial charge on any atom is -0.364 e. The van der Waals surface area contributed by atoms with Crippen LogP contribution < -0.4 is 10.6 Å². The van der Waals surface area contributed by atoms with Crippen LogP contribution in [0, 0.1) is 28.1 Å². The van der Waals surface area contributed by atoms with Crippen LogP contribution in [0.3, 0.4) is 0 Å². The number of nitrogens with one attached hydrogen (secondary N) is 1. The van der Waals surface area contributed by atoms with Crippen LogP contribution in [0.2, 0.25) is 10.0 Å². The van der Waals surface area contributed by atoms with E-state index < -0.39 is 29.3 Å². The maximum Gasteiger partial charge on any atom is 0.276 e. The lowest BCUT2D eigenvalue weighted by atomic mass is 9.68. The molecule has 1 unspecified atom stereocenters. The molecule has 0 aliphatic carbocycles. The smallest absolute Gasteiger partial charge is 0.276 e. The van der Waals surface area contributed by atoms with Gasteiger partial charge in [-0.25, -0.2) is 0 Å². The molecule has 138 valence electrons. The average Bonchev–Trinajstić information content (AvgIpc) is 2.99. The summed E-state index contributed by atoms with van der Waals surface area (Å²) in [4.78, 5) is 13.2. The Morgan fingerprint density at radius 3 is 2.46 bits per heavy atom. The zero-order valence-electron chi connectivity index (χ0n) is 14.6. The minimum atomic E-state index is -1.53. The SMILES string of the molecule is N#CC1(C#N)[C@H](c2ccc(Cl)cc2Cl)[C@@H](C(N)=O)[NH+]2C=Cc3ccccc3[C@H]21. The van der Waals surface area contributed by atoms with E-state index >= 15 is 0 Å². The number of nitriles is 2. The number of quaternary nitrogens is 1. The summed E-state index contributed by atoms with van der Waals surface area (Å²) in [6, 6.07) is 15.5. The quantitative estimate of drug-likeness (QED) is 0.797. The highest BCUT2D eigenvalue weighted by Crippen LogP contribution is 2.52. The number of carbonyl (C=O) groups is 1. The molecule has 5 nitrogen and oxygen atoms in total. The van der Waals surface area contributed by atoms with Crippen molar-refractivity contribution in [1.82, 2.24) is 0 Å². The number of primary amides is 1. The molecule has 28 heavy (non-hydrogen) atoms. The van der Waals surface area contributed by atoms with Crippen LogP contribution in [-0.4, -0.2) is 11.9 Å². The van der Waals surface area contributed by atoms with Crippen LogP contribution in [0.15, 0.2) is 48.7 Å². The van der Waals surface area contributed by atoms with Gasteiger partial charge >= 0.3 is 0 Å². The molecule has 1 amide bonds. The van der Waals surface area contributed by atoms with Gasteiger partial charge in [0.2, 0.25) is 5.41 Å². The Morgan fingerprint density at radius 1 is 1.11 bits per heavy atom. The third-order valence-corrected chi connectivity index (χ3v) is 6.27. The number of fused-ring (bicyclic) bond motifs is 3. The lowest BCUT2D eigenvalue weighted by molar-refractivity contribution is -0.885. The van der Waals surface area contributed by atoms with Crippen LogP contribution in [0.5, 0.6) is 0 Å². The standard InChI is InChI=1S/C21H14Cl2N4O/c22-13-5-6-15(16(23)9-13)17-18(20(26)28)27-8-7-12-3-1-2-4-14(12)19(27)21(17,10-24)11-25/h1-9,17-19H,(H2,26,28)/p+1/t17-,18+,19+/m1/s1. The molecule has 2 aliphatic rings. The Labute approximate surface area is 172 Å². The fraction of sp³-hybridized carbons (Fsp3) is 0.190. The summed E-state index contributed by atoms with van der Waals surface area (Å²) in [6.07, 6.45) is 3.71. The van der Waals surface area contributed by atoms with Gasteiger partial charge < -0.3 is 5.73 Å². The molecule has 2 aromatic rings. The molecule has 0 radical (unpaired) electrons. The Bertz CT molecular complexity index is 1080. The maximum absolute atomic E-state index is 12.5. The van der Waals surface area contributed by atoms with Crippen molar-refractivity contribution in [3.8, 4) is 12.1 Å². The molecule has 3 N–H and O–H groups in total. The van der Waals surface area contributed by atoms with Crippen molar-refractivity contribution in [1.29, 1.82) is 10.5 Å². The van der Waals surface area contributed by atoms with E-state index in [0.717, 1.165) is 11.1 Å². The number of benzene rings is 2. The number of nitrogens with zero attached hydrogens (tertiary/aromatic N) is 2. The Kier molecular flexibility index (Phi) is 4.40. The van der Waals surface area contributed by atoms with Gasteiger partial charge in [-0.3, -0.25) is 9.69 Å². The first-order valence-corrected chi connectivity index (χ1v) is 9.40. The number of amides is 1. The predicted molar refractivity (Wildman–Crippen MR) is 105 cm³/mol. The van der Waals surface area contributed by atoms with Crippen LogP contribution in [-0.2, 0) is 4.79 Å². The molecule has 0 aromatic heterocycles. The van der Waals surface area contributed by atoms with Gasteiger partial charge in [0, 0.05) is 15.6 Å². The van der Waals surface area contributed by atoms with E-state index in [4.69, 9.17) is 28.9 Å². The van der Waals surface area contributed by atoms with Crippen molar-refractivity contribution in [2.75, 3.05) is 0 Å². The molecule has 4 atom stereocenters. The number of halogens is 2. The van der Waals surface area contributed by atoms with Crippen molar-refractivity contribution >= 4 is 35.2 Å². The molecular formula is C21H15Cl2N4O+. The third kappa shape index (κ3) is 2.45. The average molecular weight is 410 g/mol. The van der Waals surface area contributed by atoms with E-state index in [-0.39, 0.29) is 0 Å². The maximum atomic E-state index is 12.5. The van der Waals surface area contributed by atoms with Crippen LogP contribution in [0.25, 0.3) is 6.08 Å². The Hall–Kier alpha value is -2.83. The summed E-state index contributed by atoms with van der Waals surface area (Å²) in [7, 11) is 0. The monoisotopic (exact) mass is 409 g/mol. The Balaban J connectivity index is 2.03. The van der Waals surface area contributed by atoms with Gasteiger partial charge in [0.25, 0.3) is 5.91 Å². The van der Waals surface area contributed by atoms with Gasteiger partial charge in [0.1, 0.15) is 0 Å². The summed E-state index contributed by atoms with van der Waals surface area (Å²) in [5.41, 5.74) is 6.52. The van der Waals surface area contributed by atoms with E-state index in [0.29, 0.717) is 20.5 Å². The molecule has 2 aliphatic heterocycles. The molecule has 2 aromatic carbocycles. The second kappa shape index (κ2) is 6.65. The van der Waals surface area contributed by atoms with E-state index in [1.807, 2.05) is 36.5 Å². The highest BCUT2D eigenvalue weighted by Gasteiger charge is 2.68. The van der Waals surface area contributed by atoms with E-state index in [1.54, 1.807) is 18.2 Å². The topological polar surface area (TPSA) is 95.1 Å². The number of hydrogen-bond acceptors (Lipinski definition) is 3. The number of carbonyl (C=O) groups excluding carboxylic acids is 1. The molecule has 2 heterocycles. The minimum absolute atomic E-state index is 0.301. The molecule has 1 saturated heterocycles. The van der Waals surface area contributed by atoms with Crippen LogP contribution in [0.1, 0.15) is 28.7 Å². The van der Waals surface area contributed by atoms with Crippen molar-refractivity contribution in [2.24, 2.45) is 11.1 Å². The second-order valence-corrected chi connectivity index (χ2v) is 7.86. The molecule has 0 saturated carbocycles. The van der Waals surface area contributed by atoms with Crippen molar-refractivity contribution in [3.63, 3.8) is 0 Å². The van der Waals surface area contributed by atoms with Crippen molar-refractivity contribution < 1.29 is 9.69 Å². The predicted octanol–water partition coefficient (Wildman–Crippen LogP) is 2.59. The van der Waals surface area contributed by atoms with Gasteiger partial charge in [-0.2, -0.15) is 10.5 Å². The highest BCUT2D eigenvalue weighted by molar-refractivity contribution is 6.35. The summed E-state index contributed by atoms with van der Waals surface area (Å²) in [5, 5.41) is 21.2. The summed E-state index contributed by atoms with van der Waals surface area (Å²) >= 11 is 12.5. The highest BCUT2D eigenvalue weighted by atomic mass is 35.5. The van der Waals surface area contributed by atoms with Gasteiger partial charge in [-0.15, -0.1) is 0 Å². The fourth-order valence-electron chi connectivity index (χ4n) is 4.61. The zero-order chi connectivity index (χ0) is 20.1. The number of rotatable bonds is 2. The van der Waals surface area contributed by atoms with Gasteiger partial charge in [-0.1, -0.05) is 53.5 Å².